The lowest BCUT2D eigenvalue weighted by molar-refractivity contribution is 1.18. The molecular formula is C55H40N2. The van der Waals surface area contributed by atoms with Gasteiger partial charge in [-0.15, -0.1) is 0 Å². The Labute approximate surface area is 335 Å². The molecule has 2 nitrogen and oxygen atoms in total. The van der Waals surface area contributed by atoms with Crippen LogP contribution in [-0.4, -0.2) is 4.57 Å². The summed E-state index contributed by atoms with van der Waals surface area (Å²) in [5, 5.41) is 6.14. The van der Waals surface area contributed by atoms with Crippen LogP contribution in [0.5, 0.6) is 0 Å². The molecule has 270 valence electrons. The molecule has 0 radical (unpaired) electrons. The summed E-state index contributed by atoms with van der Waals surface area (Å²) in [5.41, 5.74) is 16.8. The van der Waals surface area contributed by atoms with E-state index in [-0.39, 0.29) is 0 Å². The Balaban J connectivity index is 1.03. The standard InChI is InChI=1S/C55H40N2/c1-3-4-7-14-39(2)51-37-46(29-35-53(51)56-48-31-25-44(26-32-48)43-23-21-42(22-24-43)40-15-8-5-9-16-40)47-30-36-55-52(38-47)50-19-12-13-20-54(50)57(55)49-33-27-45(28-34-49)41-17-10-6-11-18-41/h3-5,7-10,12-38,56H,2H2,1H3/b4-3-,14-7-. The summed E-state index contributed by atoms with van der Waals surface area (Å²) in [7, 11) is 0. The number of aromatic nitrogens is 1. The molecule has 9 rings (SSSR count). The number of para-hydroxylation sites is 1. The highest BCUT2D eigenvalue weighted by Gasteiger charge is 2.15. The number of nitrogens with one attached hydrogen (secondary N) is 1. The largest absolute Gasteiger partial charge is 0.355 e. The monoisotopic (exact) mass is 728 g/mol. The maximum atomic E-state index is 4.50. The molecule has 0 aliphatic carbocycles. The summed E-state index contributed by atoms with van der Waals surface area (Å²) in [6.45, 7) is 6.52. The normalized spacial score (nSPS) is 11.4. The summed E-state index contributed by atoms with van der Waals surface area (Å²) in [4.78, 5) is 0. The first-order valence-electron chi connectivity index (χ1n) is 19.3. The first-order valence-corrected chi connectivity index (χ1v) is 19.3. The van der Waals surface area contributed by atoms with E-state index in [0.717, 1.165) is 50.5 Å². The lowest BCUT2D eigenvalue weighted by Gasteiger charge is -2.15. The Hall–Kier alpha value is -7.60. The zero-order chi connectivity index (χ0) is 38.6. The van der Waals surface area contributed by atoms with Crippen molar-refractivity contribution in [3.63, 3.8) is 0 Å². The van der Waals surface area contributed by atoms with Crippen LogP contribution < -0.4 is 5.32 Å². The summed E-state index contributed by atoms with van der Waals surface area (Å²) >= 11 is 0. The van der Waals surface area contributed by atoms with Crippen molar-refractivity contribution < 1.29 is 0 Å². The van der Waals surface area contributed by atoms with E-state index in [1.807, 2.05) is 43.4 Å². The van der Waals surface area contributed by atoms with E-state index in [1.54, 1.807) is 0 Å². The maximum absolute atomic E-state index is 4.50. The number of hydrogen-bond donors (Lipinski definition) is 1. The van der Waals surface area contributed by atoms with Crippen LogP contribution in [0.2, 0.25) is 0 Å². The number of hydrogen-bond acceptors (Lipinski definition) is 1. The number of allylic oxidation sites excluding steroid dienone is 5. The Morgan fingerprint density at radius 3 is 1.84 bits per heavy atom. The van der Waals surface area contributed by atoms with E-state index in [4.69, 9.17) is 0 Å². The number of benzene rings is 7. The van der Waals surface area contributed by atoms with Crippen LogP contribution in [0, 0.1) is 12.1 Å². The molecule has 0 atom stereocenters. The lowest BCUT2D eigenvalue weighted by atomic mass is 9.96. The smallest absolute Gasteiger partial charge is 0.0541 e. The van der Waals surface area contributed by atoms with Gasteiger partial charge in [-0.1, -0.05) is 152 Å². The molecule has 0 unspecified atom stereocenters. The van der Waals surface area contributed by atoms with Crippen LogP contribution in [-0.2, 0) is 0 Å². The molecule has 57 heavy (non-hydrogen) atoms. The van der Waals surface area contributed by atoms with Gasteiger partial charge in [0.1, 0.15) is 0 Å². The quantitative estimate of drug-likeness (QED) is 0.139. The number of rotatable bonds is 10. The van der Waals surface area contributed by atoms with Crippen molar-refractivity contribution in [2.24, 2.45) is 0 Å². The molecule has 2 heteroatoms. The summed E-state index contributed by atoms with van der Waals surface area (Å²) in [6.07, 6.45) is 8.17. The van der Waals surface area contributed by atoms with Gasteiger partial charge in [-0.3, -0.25) is 0 Å². The Kier molecular flexibility index (Phi) is 9.63. The van der Waals surface area contributed by atoms with Crippen LogP contribution in [0.4, 0.5) is 11.4 Å². The highest BCUT2D eigenvalue weighted by atomic mass is 15.0. The molecule has 0 saturated carbocycles. The minimum atomic E-state index is 0.931. The fraction of sp³-hybridized carbons (Fsp3) is 0.0182. The average molecular weight is 729 g/mol. The van der Waals surface area contributed by atoms with Gasteiger partial charge in [-0.2, -0.15) is 0 Å². The molecule has 0 aliphatic heterocycles. The van der Waals surface area contributed by atoms with E-state index in [9.17, 15) is 0 Å². The molecule has 0 bridgehead atoms. The average Bonchev–Trinajstić information content (AvgIpc) is 3.61. The van der Waals surface area contributed by atoms with Crippen LogP contribution in [0.15, 0.2) is 213 Å². The van der Waals surface area contributed by atoms with E-state index >= 15 is 0 Å². The van der Waals surface area contributed by atoms with E-state index in [2.05, 4.69) is 198 Å². The third-order valence-electron chi connectivity index (χ3n) is 10.6. The van der Waals surface area contributed by atoms with Crippen LogP contribution in [0.3, 0.4) is 0 Å². The zero-order valence-corrected chi connectivity index (χ0v) is 31.8. The summed E-state index contributed by atoms with van der Waals surface area (Å²) in [5.74, 6) is 0. The minimum absolute atomic E-state index is 0.931. The Morgan fingerprint density at radius 2 is 1.12 bits per heavy atom. The van der Waals surface area contributed by atoms with Gasteiger partial charge in [-0.25, -0.2) is 0 Å². The van der Waals surface area contributed by atoms with Crippen LogP contribution in [0.1, 0.15) is 12.5 Å². The molecular weight excluding hydrogens is 689 g/mol. The van der Waals surface area contributed by atoms with E-state index in [1.165, 1.54) is 44.1 Å². The first kappa shape index (κ1) is 35.1. The van der Waals surface area contributed by atoms with Gasteiger partial charge in [0.05, 0.1) is 11.0 Å². The molecule has 0 fully saturated rings. The van der Waals surface area contributed by atoms with Gasteiger partial charge in [0, 0.05) is 33.4 Å². The molecule has 1 heterocycles. The molecule has 1 aromatic heterocycles. The second kappa shape index (κ2) is 15.6. The first-order chi connectivity index (χ1) is 28.1. The Morgan fingerprint density at radius 1 is 0.526 bits per heavy atom. The van der Waals surface area contributed by atoms with Crippen LogP contribution >= 0.6 is 0 Å². The third-order valence-corrected chi connectivity index (χ3v) is 10.6. The topological polar surface area (TPSA) is 17.0 Å². The van der Waals surface area contributed by atoms with Gasteiger partial charge >= 0.3 is 0 Å². The number of nitrogens with zero attached hydrogens (tertiary/aromatic N) is 1. The van der Waals surface area contributed by atoms with Crippen LogP contribution in [0.25, 0.3) is 77.6 Å². The van der Waals surface area contributed by atoms with Crippen molar-refractivity contribution in [2.45, 2.75) is 6.92 Å². The third kappa shape index (κ3) is 7.19. The molecule has 0 amide bonds. The number of fused-ring (bicyclic) bond motifs is 3. The fourth-order valence-corrected chi connectivity index (χ4v) is 7.62. The highest BCUT2D eigenvalue weighted by Crippen LogP contribution is 2.38. The van der Waals surface area contributed by atoms with Crippen molar-refractivity contribution in [3.8, 4) is 50.2 Å². The molecule has 0 saturated heterocycles. The van der Waals surface area contributed by atoms with E-state index in [0.29, 0.717) is 0 Å². The molecule has 8 aromatic carbocycles. The van der Waals surface area contributed by atoms with Gasteiger partial charge in [-0.05, 0) is 130 Å². The SMILES string of the molecule is C=C(/C=C\C=C/C)c1cc(-c2ccc3c(c2)c2ccccc2n3-c2ccc(-c3cc#ccc3)cc2)ccc1Nc1ccc(-c2ccc(-c3ccccc3)cc2)cc1. The molecule has 1 N–H and O–H groups in total. The van der Waals surface area contributed by atoms with Gasteiger partial charge in [0.25, 0.3) is 0 Å². The van der Waals surface area contributed by atoms with Crippen molar-refractivity contribution in [1.29, 1.82) is 0 Å². The number of anilines is 2. The second-order valence-corrected chi connectivity index (χ2v) is 14.2. The predicted octanol–water partition coefficient (Wildman–Crippen LogP) is 14.9. The van der Waals surface area contributed by atoms with E-state index < -0.39 is 0 Å². The molecule has 9 aromatic rings. The lowest BCUT2D eigenvalue weighted by Crippen LogP contribution is -1.96. The highest BCUT2D eigenvalue weighted by molar-refractivity contribution is 6.10. The van der Waals surface area contributed by atoms with Crippen molar-refractivity contribution in [2.75, 3.05) is 5.32 Å². The fourth-order valence-electron chi connectivity index (χ4n) is 7.62. The zero-order valence-electron chi connectivity index (χ0n) is 31.8. The Bertz CT molecular complexity index is 2890. The van der Waals surface area contributed by atoms with Crippen molar-refractivity contribution in [1.82, 2.24) is 4.57 Å². The van der Waals surface area contributed by atoms with Crippen molar-refractivity contribution >= 4 is 38.8 Å². The van der Waals surface area contributed by atoms with Crippen molar-refractivity contribution in [3.05, 3.63) is 231 Å². The second-order valence-electron chi connectivity index (χ2n) is 14.2. The molecule has 0 spiro atoms. The summed E-state index contributed by atoms with van der Waals surface area (Å²) < 4.78 is 2.36. The van der Waals surface area contributed by atoms with Gasteiger partial charge < -0.3 is 9.88 Å². The summed E-state index contributed by atoms with van der Waals surface area (Å²) in [6, 6.07) is 70.8. The molecule has 0 aliphatic rings. The minimum Gasteiger partial charge on any atom is -0.355 e. The van der Waals surface area contributed by atoms with Gasteiger partial charge in [0.15, 0.2) is 0 Å². The predicted molar refractivity (Wildman–Crippen MR) is 243 cm³/mol. The maximum Gasteiger partial charge on any atom is 0.0541 e. The van der Waals surface area contributed by atoms with Gasteiger partial charge in [0.2, 0.25) is 0 Å².